The van der Waals surface area contributed by atoms with Crippen LogP contribution in [0.4, 0.5) is 11.6 Å². The van der Waals surface area contributed by atoms with Crippen LogP contribution in [0.3, 0.4) is 0 Å². The zero-order valence-electron chi connectivity index (χ0n) is 14.9. The predicted octanol–water partition coefficient (Wildman–Crippen LogP) is 2.47. The van der Waals surface area contributed by atoms with Crippen LogP contribution >= 0.6 is 0 Å². The van der Waals surface area contributed by atoms with E-state index in [0.717, 1.165) is 5.56 Å². The van der Waals surface area contributed by atoms with Crippen molar-refractivity contribution in [3.63, 3.8) is 0 Å². The molecular weight excluding hydrogens is 350 g/mol. The average Bonchev–Trinajstić information content (AvgIpc) is 2.67. The summed E-state index contributed by atoms with van der Waals surface area (Å²) in [7, 11) is 1.56. The number of nitrogens with one attached hydrogen (secondary N) is 2. The predicted molar refractivity (Wildman–Crippen MR) is 100 cm³/mol. The number of benzene rings is 1. The van der Waals surface area contributed by atoms with Crippen molar-refractivity contribution in [1.82, 2.24) is 4.98 Å². The van der Waals surface area contributed by atoms with Crippen LogP contribution < -0.4 is 24.8 Å². The first kappa shape index (κ1) is 18.2. The summed E-state index contributed by atoms with van der Waals surface area (Å²) in [5.74, 6) is 1.63. The highest BCUT2D eigenvalue weighted by atomic mass is 16.5. The van der Waals surface area contributed by atoms with E-state index in [1.807, 2.05) is 13.0 Å². The topological polar surface area (TPSA) is 98.8 Å². The van der Waals surface area contributed by atoms with Crippen molar-refractivity contribution in [2.24, 2.45) is 0 Å². The van der Waals surface area contributed by atoms with E-state index in [0.29, 0.717) is 29.7 Å². The van der Waals surface area contributed by atoms with Crippen molar-refractivity contribution in [2.45, 2.75) is 6.92 Å². The van der Waals surface area contributed by atoms with Gasteiger partial charge in [0.15, 0.2) is 29.7 Å². The number of hydrogen-bond acceptors (Lipinski definition) is 6. The number of aromatic nitrogens is 1. The number of rotatable bonds is 6. The highest BCUT2D eigenvalue weighted by Gasteiger charge is 2.17. The highest BCUT2D eigenvalue weighted by Crippen LogP contribution is 2.29. The first-order valence-electron chi connectivity index (χ1n) is 8.32. The van der Waals surface area contributed by atoms with Crippen LogP contribution in [0, 0.1) is 0 Å². The molecule has 0 spiro atoms. The molecule has 2 N–H and O–H groups in total. The van der Waals surface area contributed by atoms with Crippen LogP contribution in [0.15, 0.2) is 36.4 Å². The summed E-state index contributed by atoms with van der Waals surface area (Å²) in [4.78, 5) is 27.6. The molecule has 27 heavy (non-hydrogen) atoms. The van der Waals surface area contributed by atoms with Gasteiger partial charge in [-0.25, -0.2) is 4.98 Å². The average molecular weight is 369 g/mol. The fraction of sp³-hybridized carbons (Fsp3) is 0.211. The number of pyridine rings is 1. The van der Waals surface area contributed by atoms with Crippen molar-refractivity contribution in [1.29, 1.82) is 0 Å². The number of amides is 2. The Labute approximate surface area is 156 Å². The van der Waals surface area contributed by atoms with Gasteiger partial charge in [-0.05, 0) is 42.8 Å². The maximum absolute atomic E-state index is 12.1. The summed E-state index contributed by atoms with van der Waals surface area (Å²) in [5.41, 5.74) is 0.782. The van der Waals surface area contributed by atoms with Gasteiger partial charge in [-0.15, -0.1) is 0 Å². The number of carbonyl (C=O) groups is 2. The minimum Gasteiger partial charge on any atom is -0.493 e. The number of methoxy groups -OCH3 is 1. The fourth-order valence-electron chi connectivity index (χ4n) is 2.44. The van der Waals surface area contributed by atoms with Gasteiger partial charge in [0.25, 0.3) is 5.91 Å². The van der Waals surface area contributed by atoms with Gasteiger partial charge in [0.2, 0.25) is 5.91 Å². The molecule has 1 aromatic carbocycles. The normalized spacial score (nSPS) is 12.7. The Hall–Kier alpha value is -3.55. The van der Waals surface area contributed by atoms with Gasteiger partial charge < -0.3 is 24.8 Å². The highest BCUT2D eigenvalue weighted by molar-refractivity contribution is 6.02. The third-order valence-electron chi connectivity index (χ3n) is 3.64. The van der Waals surface area contributed by atoms with Gasteiger partial charge in [-0.2, -0.15) is 0 Å². The van der Waals surface area contributed by atoms with E-state index in [9.17, 15) is 9.59 Å². The number of anilines is 2. The maximum Gasteiger partial charge on any atom is 0.263 e. The van der Waals surface area contributed by atoms with E-state index < -0.39 is 0 Å². The van der Waals surface area contributed by atoms with E-state index >= 15 is 0 Å². The molecule has 0 saturated heterocycles. The van der Waals surface area contributed by atoms with Gasteiger partial charge in [0.05, 0.1) is 13.7 Å². The second-order valence-electron chi connectivity index (χ2n) is 5.55. The molecule has 0 fully saturated rings. The summed E-state index contributed by atoms with van der Waals surface area (Å²) in [5, 5.41) is 5.23. The summed E-state index contributed by atoms with van der Waals surface area (Å²) in [6.07, 6.45) is 3.03. The van der Waals surface area contributed by atoms with Gasteiger partial charge in [0, 0.05) is 6.08 Å². The van der Waals surface area contributed by atoms with E-state index in [1.165, 1.54) is 6.08 Å². The molecule has 1 aromatic heterocycles. The van der Waals surface area contributed by atoms with Crippen LogP contribution in [0.1, 0.15) is 12.5 Å². The molecule has 0 saturated carbocycles. The lowest BCUT2D eigenvalue weighted by molar-refractivity contribution is -0.118. The quantitative estimate of drug-likeness (QED) is 0.759. The van der Waals surface area contributed by atoms with Crippen molar-refractivity contribution in [3.8, 4) is 17.2 Å². The molecular formula is C19H19N3O5. The van der Waals surface area contributed by atoms with E-state index in [2.05, 4.69) is 15.6 Å². The van der Waals surface area contributed by atoms with Crippen LogP contribution in [0.25, 0.3) is 6.08 Å². The largest absolute Gasteiger partial charge is 0.493 e. The number of nitrogens with zero attached hydrogens (tertiary/aromatic N) is 1. The van der Waals surface area contributed by atoms with Crippen molar-refractivity contribution in [3.05, 3.63) is 42.0 Å². The van der Waals surface area contributed by atoms with E-state index in [1.54, 1.807) is 37.5 Å². The Balaban J connectivity index is 1.67. The molecule has 140 valence electrons. The number of ether oxygens (including phenoxy) is 3. The number of fused-ring (bicyclic) bond motifs is 1. The monoisotopic (exact) mass is 369 g/mol. The lowest BCUT2D eigenvalue weighted by Crippen LogP contribution is -2.26. The zero-order valence-corrected chi connectivity index (χ0v) is 14.9. The summed E-state index contributed by atoms with van der Waals surface area (Å²) in [6.45, 7) is 2.38. The second-order valence-corrected chi connectivity index (χ2v) is 5.55. The molecule has 0 unspecified atom stereocenters. The SMILES string of the molecule is CCOc1ccc(/C=C/C(=O)Nc2ccc3c(n2)NC(=O)CO3)cc1OC. The zero-order chi connectivity index (χ0) is 19.2. The van der Waals surface area contributed by atoms with Crippen LogP contribution in [-0.4, -0.2) is 37.1 Å². The van der Waals surface area contributed by atoms with Crippen molar-refractivity contribution in [2.75, 3.05) is 31.0 Å². The van der Waals surface area contributed by atoms with Crippen molar-refractivity contribution < 1.29 is 23.8 Å². The molecule has 1 aliphatic heterocycles. The lowest BCUT2D eigenvalue weighted by Gasteiger charge is -2.17. The van der Waals surface area contributed by atoms with Crippen LogP contribution in [-0.2, 0) is 9.59 Å². The summed E-state index contributed by atoms with van der Waals surface area (Å²) in [6, 6.07) is 8.62. The first-order chi connectivity index (χ1) is 13.1. The Kier molecular flexibility index (Phi) is 5.55. The third-order valence-corrected chi connectivity index (χ3v) is 3.64. The maximum atomic E-state index is 12.1. The molecule has 0 radical (unpaired) electrons. The molecule has 3 rings (SSSR count). The van der Waals surface area contributed by atoms with Gasteiger partial charge >= 0.3 is 0 Å². The second kappa shape index (κ2) is 8.22. The molecule has 0 bridgehead atoms. The van der Waals surface area contributed by atoms with Gasteiger partial charge in [0.1, 0.15) is 5.82 Å². The Bertz CT molecular complexity index is 895. The molecule has 8 nitrogen and oxygen atoms in total. The standard InChI is InChI=1S/C19H19N3O5/c1-3-26-13-6-4-12(10-15(13)25-2)5-9-17(23)20-16-8-7-14-19(21-16)22-18(24)11-27-14/h4-10H,3,11H2,1-2H3,(H2,20,21,22,23,24)/b9-5+. The van der Waals surface area contributed by atoms with E-state index in [-0.39, 0.29) is 24.2 Å². The Morgan fingerprint density at radius 3 is 2.96 bits per heavy atom. The Morgan fingerprint density at radius 1 is 1.33 bits per heavy atom. The Morgan fingerprint density at radius 2 is 2.19 bits per heavy atom. The molecule has 0 aliphatic carbocycles. The fourth-order valence-corrected chi connectivity index (χ4v) is 2.44. The lowest BCUT2D eigenvalue weighted by atomic mass is 10.2. The number of hydrogen-bond donors (Lipinski definition) is 2. The number of carbonyl (C=O) groups excluding carboxylic acids is 2. The molecule has 2 aromatic rings. The molecule has 2 amide bonds. The minimum atomic E-state index is -0.363. The molecule has 0 atom stereocenters. The van der Waals surface area contributed by atoms with Gasteiger partial charge in [-0.3, -0.25) is 9.59 Å². The smallest absolute Gasteiger partial charge is 0.263 e. The summed E-state index contributed by atoms with van der Waals surface area (Å²) < 4.78 is 16.0. The summed E-state index contributed by atoms with van der Waals surface area (Å²) >= 11 is 0. The first-order valence-corrected chi connectivity index (χ1v) is 8.32. The molecule has 1 aliphatic rings. The van der Waals surface area contributed by atoms with Crippen LogP contribution in [0.5, 0.6) is 17.2 Å². The van der Waals surface area contributed by atoms with Gasteiger partial charge in [-0.1, -0.05) is 6.07 Å². The third kappa shape index (κ3) is 4.55. The molecule has 8 heteroatoms. The van der Waals surface area contributed by atoms with Crippen molar-refractivity contribution >= 4 is 29.5 Å². The van der Waals surface area contributed by atoms with E-state index in [4.69, 9.17) is 14.2 Å². The molecule has 2 heterocycles. The van der Waals surface area contributed by atoms with Crippen LogP contribution in [0.2, 0.25) is 0 Å². The minimum absolute atomic E-state index is 0.0470.